The molecule has 8 heteroatoms. The minimum Gasteiger partial charge on any atom is -0.497 e. The molecule has 0 unspecified atom stereocenters. The smallest absolute Gasteiger partial charge is 0.293 e. The van der Waals surface area contributed by atoms with Gasteiger partial charge in [-0.25, -0.2) is 9.50 Å². The monoisotopic (exact) mass is 355 g/mol. The van der Waals surface area contributed by atoms with Crippen LogP contribution in [-0.4, -0.2) is 57.7 Å². The lowest BCUT2D eigenvalue weighted by molar-refractivity contribution is 0.0762. The Balaban J connectivity index is 1.61. The molecule has 0 radical (unpaired) electrons. The van der Waals surface area contributed by atoms with Crippen molar-refractivity contribution in [2.24, 2.45) is 0 Å². The van der Waals surface area contributed by atoms with E-state index in [2.05, 4.69) is 15.1 Å². The summed E-state index contributed by atoms with van der Waals surface area (Å²) in [5, 5.41) is 4.26. The molecule has 2 heterocycles. The first kappa shape index (κ1) is 17.7. The number of aromatic nitrogens is 4. The third-order valence-electron chi connectivity index (χ3n) is 3.91. The molecular formula is C18H21N5O3. The standard InChI is InChI=1S/C18H21N5O3/c1-12-11-13(2)23-18(19-12)20-16(21-23)17(24)22(3)9-10-26-15-7-5-14(25-4)6-8-15/h5-8,11H,9-10H2,1-4H3. The molecule has 136 valence electrons. The second-order valence-corrected chi connectivity index (χ2v) is 5.94. The molecule has 1 amide bonds. The van der Waals surface area contributed by atoms with Crippen LogP contribution in [0, 0.1) is 13.8 Å². The summed E-state index contributed by atoms with van der Waals surface area (Å²) < 4.78 is 12.3. The maximum atomic E-state index is 12.5. The highest BCUT2D eigenvalue weighted by molar-refractivity contribution is 5.90. The van der Waals surface area contributed by atoms with Gasteiger partial charge in [-0.3, -0.25) is 4.79 Å². The fourth-order valence-electron chi connectivity index (χ4n) is 2.50. The minimum atomic E-state index is -0.272. The lowest BCUT2D eigenvalue weighted by Gasteiger charge is -2.15. The molecule has 0 aliphatic carbocycles. The molecule has 0 spiro atoms. The molecule has 1 aromatic carbocycles. The summed E-state index contributed by atoms with van der Waals surface area (Å²) in [4.78, 5) is 22.6. The van der Waals surface area contributed by atoms with Gasteiger partial charge >= 0.3 is 0 Å². The Morgan fingerprint density at radius 1 is 1.15 bits per heavy atom. The van der Waals surface area contributed by atoms with E-state index in [1.165, 1.54) is 4.90 Å². The van der Waals surface area contributed by atoms with E-state index in [4.69, 9.17) is 9.47 Å². The number of carbonyl (C=O) groups excluding carboxylic acids is 1. The van der Waals surface area contributed by atoms with E-state index in [0.717, 1.165) is 17.1 Å². The number of hydrogen-bond acceptors (Lipinski definition) is 6. The molecule has 0 bridgehead atoms. The van der Waals surface area contributed by atoms with Gasteiger partial charge in [0.05, 0.1) is 13.7 Å². The second-order valence-electron chi connectivity index (χ2n) is 5.94. The van der Waals surface area contributed by atoms with E-state index in [-0.39, 0.29) is 11.7 Å². The van der Waals surface area contributed by atoms with Crippen LogP contribution in [0.15, 0.2) is 30.3 Å². The van der Waals surface area contributed by atoms with Gasteiger partial charge in [-0.1, -0.05) is 0 Å². The Kier molecular flexibility index (Phi) is 5.01. The number of aryl methyl sites for hydroxylation is 2. The van der Waals surface area contributed by atoms with Crippen LogP contribution >= 0.6 is 0 Å². The zero-order valence-corrected chi connectivity index (χ0v) is 15.3. The lowest BCUT2D eigenvalue weighted by Crippen LogP contribution is -2.31. The molecule has 0 N–H and O–H groups in total. The highest BCUT2D eigenvalue weighted by Gasteiger charge is 2.18. The quantitative estimate of drug-likeness (QED) is 0.672. The fraction of sp³-hybridized carbons (Fsp3) is 0.333. The minimum absolute atomic E-state index is 0.123. The van der Waals surface area contributed by atoms with Crippen LogP contribution in [-0.2, 0) is 0 Å². The number of methoxy groups -OCH3 is 1. The van der Waals surface area contributed by atoms with E-state index in [9.17, 15) is 4.79 Å². The van der Waals surface area contributed by atoms with Crippen LogP contribution in [0.25, 0.3) is 5.78 Å². The van der Waals surface area contributed by atoms with Crippen LogP contribution < -0.4 is 9.47 Å². The van der Waals surface area contributed by atoms with E-state index < -0.39 is 0 Å². The predicted octanol–water partition coefficient (Wildman–Crippen LogP) is 1.90. The summed E-state index contributed by atoms with van der Waals surface area (Å²) in [7, 11) is 3.30. The molecule has 0 aliphatic heterocycles. The first-order chi connectivity index (χ1) is 12.5. The molecule has 26 heavy (non-hydrogen) atoms. The first-order valence-electron chi connectivity index (χ1n) is 8.21. The summed E-state index contributed by atoms with van der Waals surface area (Å²) in [6.07, 6.45) is 0. The van der Waals surface area contributed by atoms with Gasteiger partial charge in [0.1, 0.15) is 18.1 Å². The van der Waals surface area contributed by atoms with Gasteiger partial charge in [-0.05, 0) is 44.2 Å². The summed E-state index contributed by atoms with van der Waals surface area (Å²) in [6.45, 7) is 4.55. The second kappa shape index (κ2) is 7.38. The highest BCUT2D eigenvalue weighted by Crippen LogP contribution is 2.16. The number of ether oxygens (including phenoxy) is 2. The summed E-state index contributed by atoms with van der Waals surface area (Å²) in [5.74, 6) is 1.76. The maximum Gasteiger partial charge on any atom is 0.293 e. The van der Waals surface area contributed by atoms with Gasteiger partial charge in [-0.2, -0.15) is 4.98 Å². The molecular weight excluding hydrogens is 334 g/mol. The zero-order valence-electron chi connectivity index (χ0n) is 15.3. The number of benzene rings is 1. The summed E-state index contributed by atoms with van der Waals surface area (Å²) in [6, 6.07) is 9.18. The van der Waals surface area contributed by atoms with Gasteiger partial charge in [0.2, 0.25) is 5.82 Å². The average molecular weight is 355 g/mol. The molecule has 8 nitrogen and oxygen atoms in total. The molecule has 0 saturated carbocycles. The predicted molar refractivity (Wildman–Crippen MR) is 95.7 cm³/mol. The highest BCUT2D eigenvalue weighted by atomic mass is 16.5. The Bertz CT molecular complexity index is 920. The molecule has 3 rings (SSSR count). The van der Waals surface area contributed by atoms with Crippen LogP contribution in [0.1, 0.15) is 22.0 Å². The lowest BCUT2D eigenvalue weighted by atomic mass is 10.3. The van der Waals surface area contributed by atoms with Gasteiger partial charge in [0.15, 0.2) is 0 Å². The van der Waals surface area contributed by atoms with Crippen molar-refractivity contribution in [1.29, 1.82) is 0 Å². The van der Waals surface area contributed by atoms with Crippen molar-refractivity contribution >= 4 is 11.7 Å². The van der Waals surface area contributed by atoms with E-state index >= 15 is 0 Å². The Labute approximate surface area is 151 Å². The van der Waals surface area contributed by atoms with Gasteiger partial charge in [-0.15, -0.1) is 5.10 Å². The molecule has 2 aromatic heterocycles. The zero-order chi connectivity index (χ0) is 18.7. The molecule has 3 aromatic rings. The molecule has 0 saturated heterocycles. The van der Waals surface area contributed by atoms with Crippen LogP contribution in [0.4, 0.5) is 0 Å². The van der Waals surface area contributed by atoms with E-state index in [0.29, 0.717) is 24.7 Å². The van der Waals surface area contributed by atoms with Crippen LogP contribution in [0.5, 0.6) is 11.5 Å². The Hall–Kier alpha value is -3.16. The largest absolute Gasteiger partial charge is 0.497 e. The summed E-state index contributed by atoms with van der Waals surface area (Å²) >= 11 is 0. The van der Waals surface area contributed by atoms with Crippen molar-refractivity contribution in [3.8, 4) is 11.5 Å². The Morgan fingerprint density at radius 2 is 1.85 bits per heavy atom. The van der Waals surface area contributed by atoms with Crippen molar-refractivity contribution in [3.63, 3.8) is 0 Å². The number of amides is 1. The number of hydrogen-bond donors (Lipinski definition) is 0. The summed E-state index contributed by atoms with van der Waals surface area (Å²) in [5.41, 5.74) is 1.71. The van der Waals surface area contributed by atoms with Crippen molar-refractivity contribution in [3.05, 3.63) is 47.5 Å². The average Bonchev–Trinajstić information content (AvgIpc) is 3.06. The van der Waals surface area contributed by atoms with Crippen molar-refractivity contribution in [1.82, 2.24) is 24.5 Å². The molecule has 0 fully saturated rings. The maximum absolute atomic E-state index is 12.5. The number of carbonyl (C=O) groups is 1. The van der Waals surface area contributed by atoms with Gasteiger partial charge < -0.3 is 14.4 Å². The van der Waals surface area contributed by atoms with Crippen LogP contribution in [0.2, 0.25) is 0 Å². The Morgan fingerprint density at radius 3 is 2.54 bits per heavy atom. The third kappa shape index (κ3) is 3.74. The third-order valence-corrected chi connectivity index (χ3v) is 3.91. The van der Waals surface area contributed by atoms with Crippen LogP contribution in [0.3, 0.4) is 0 Å². The number of rotatable bonds is 6. The normalized spacial score (nSPS) is 10.8. The first-order valence-corrected chi connectivity index (χ1v) is 8.21. The van der Waals surface area contributed by atoms with Gasteiger partial charge in [0, 0.05) is 18.4 Å². The molecule has 0 aliphatic rings. The van der Waals surface area contributed by atoms with Crippen molar-refractivity contribution in [2.75, 3.05) is 27.3 Å². The van der Waals surface area contributed by atoms with Gasteiger partial charge in [0.25, 0.3) is 11.7 Å². The number of likely N-dealkylation sites (N-methyl/N-ethyl adjacent to an activating group) is 1. The van der Waals surface area contributed by atoms with E-state index in [1.54, 1.807) is 18.7 Å². The topological polar surface area (TPSA) is 81.9 Å². The SMILES string of the molecule is COc1ccc(OCCN(C)C(=O)c2nc3nc(C)cc(C)n3n2)cc1. The molecule has 0 atom stereocenters. The van der Waals surface area contributed by atoms with Crippen molar-refractivity contribution in [2.45, 2.75) is 13.8 Å². The number of nitrogens with zero attached hydrogens (tertiary/aromatic N) is 5. The van der Waals surface area contributed by atoms with E-state index in [1.807, 2.05) is 44.2 Å². The van der Waals surface area contributed by atoms with Crippen molar-refractivity contribution < 1.29 is 14.3 Å². The fourth-order valence-corrected chi connectivity index (χ4v) is 2.50. The number of fused-ring (bicyclic) bond motifs is 1.